The molecule has 0 aliphatic rings. The Labute approximate surface area is 77.4 Å². The van der Waals surface area contributed by atoms with E-state index in [0.717, 1.165) is 0 Å². The zero-order chi connectivity index (χ0) is 9.61. The predicted molar refractivity (Wildman–Crippen MR) is 57.3 cm³/mol. The highest BCUT2D eigenvalue weighted by atomic mass is 14.2. The van der Waals surface area contributed by atoms with Crippen molar-refractivity contribution >= 4 is 0 Å². The number of unbranched alkanes of at least 4 members (excludes halogenated alkanes) is 1. The van der Waals surface area contributed by atoms with Gasteiger partial charge in [-0.15, -0.1) is 0 Å². The van der Waals surface area contributed by atoms with Gasteiger partial charge in [-0.05, 0) is 23.8 Å². The van der Waals surface area contributed by atoms with Crippen molar-refractivity contribution in [3.8, 4) is 0 Å². The Morgan fingerprint density at radius 3 is 2.25 bits per heavy atom. The largest absolute Gasteiger partial charge is 0.0988 e. The number of hydrogen-bond acceptors (Lipinski definition) is 0. The summed E-state index contributed by atoms with van der Waals surface area (Å²) in [5.74, 6) is 0. The SMILES string of the molecule is C=C/C(=C\CCC)C(C)(C)CC. The highest BCUT2D eigenvalue weighted by molar-refractivity contribution is 5.23. The molecule has 0 rings (SSSR count). The molecule has 12 heavy (non-hydrogen) atoms. The summed E-state index contributed by atoms with van der Waals surface area (Å²) < 4.78 is 0. The van der Waals surface area contributed by atoms with Gasteiger partial charge in [0.15, 0.2) is 0 Å². The van der Waals surface area contributed by atoms with Gasteiger partial charge in [0, 0.05) is 0 Å². The molecule has 0 nitrogen and oxygen atoms in total. The van der Waals surface area contributed by atoms with Crippen LogP contribution in [0.1, 0.15) is 47.0 Å². The third-order valence-electron chi connectivity index (χ3n) is 2.54. The molecule has 0 bridgehead atoms. The van der Waals surface area contributed by atoms with Crippen LogP contribution in [0.5, 0.6) is 0 Å². The fourth-order valence-electron chi connectivity index (χ4n) is 1.14. The lowest BCUT2D eigenvalue weighted by Gasteiger charge is -2.24. The Morgan fingerprint density at radius 1 is 1.33 bits per heavy atom. The first kappa shape index (κ1) is 11.5. The van der Waals surface area contributed by atoms with Crippen molar-refractivity contribution in [2.24, 2.45) is 5.41 Å². The summed E-state index contributed by atoms with van der Waals surface area (Å²) in [6, 6.07) is 0. The highest BCUT2D eigenvalue weighted by Crippen LogP contribution is 2.30. The molecule has 0 aromatic heterocycles. The van der Waals surface area contributed by atoms with Crippen LogP contribution >= 0.6 is 0 Å². The summed E-state index contributed by atoms with van der Waals surface area (Å²) in [7, 11) is 0. The maximum Gasteiger partial charge on any atom is -0.0110 e. The second kappa shape index (κ2) is 5.18. The van der Waals surface area contributed by atoms with Crippen LogP contribution in [0.2, 0.25) is 0 Å². The molecule has 70 valence electrons. The Kier molecular flexibility index (Phi) is 4.96. The normalized spacial score (nSPS) is 13.2. The van der Waals surface area contributed by atoms with E-state index in [1.165, 1.54) is 24.8 Å². The first-order valence-corrected chi connectivity index (χ1v) is 4.91. The smallest absolute Gasteiger partial charge is 0.0110 e. The lowest BCUT2D eigenvalue weighted by Crippen LogP contribution is -2.11. The lowest BCUT2D eigenvalue weighted by atomic mass is 9.81. The predicted octanol–water partition coefficient (Wildman–Crippen LogP) is 4.34. The quantitative estimate of drug-likeness (QED) is 0.533. The molecule has 0 radical (unpaired) electrons. The van der Waals surface area contributed by atoms with E-state index < -0.39 is 0 Å². The minimum absolute atomic E-state index is 0.302. The zero-order valence-electron chi connectivity index (χ0n) is 8.98. The van der Waals surface area contributed by atoms with Crippen LogP contribution in [0, 0.1) is 5.41 Å². The Bertz CT molecular complexity index is 161. The Morgan fingerprint density at radius 2 is 1.92 bits per heavy atom. The molecule has 0 unspecified atom stereocenters. The fraction of sp³-hybridized carbons (Fsp3) is 0.667. The molecule has 0 aliphatic heterocycles. The second-order valence-electron chi connectivity index (χ2n) is 3.89. The minimum Gasteiger partial charge on any atom is -0.0988 e. The van der Waals surface area contributed by atoms with Crippen LogP contribution in [0.3, 0.4) is 0 Å². The number of rotatable bonds is 5. The summed E-state index contributed by atoms with van der Waals surface area (Å²) in [5, 5.41) is 0. The Balaban J connectivity index is 4.42. The van der Waals surface area contributed by atoms with Crippen molar-refractivity contribution in [3.05, 3.63) is 24.3 Å². The average Bonchev–Trinajstić information content (AvgIpc) is 2.05. The molecule has 0 spiro atoms. The monoisotopic (exact) mass is 166 g/mol. The first-order valence-electron chi connectivity index (χ1n) is 4.91. The number of hydrogen-bond donors (Lipinski definition) is 0. The Hall–Kier alpha value is -0.520. The van der Waals surface area contributed by atoms with Gasteiger partial charge in [0.2, 0.25) is 0 Å². The third kappa shape index (κ3) is 3.25. The van der Waals surface area contributed by atoms with Gasteiger partial charge in [0.25, 0.3) is 0 Å². The van der Waals surface area contributed by atoms with Crippen molar-refractivity contribution in [2.45, 2.75) is 47.0 Å². The van der Waals surface area contributed by atoms with Crippen molar-refractivity contribution in [1.82, 2.24) is 0 Å². The molecule has 0 saturated heterocycles. The van der Waals surface area contributed by atoms with Crippen molar-refractivity contribution < 1.29 is 0 Å². The van der Waals surface area contributed by atoms with E-state index in [9.17, 15) is 0 Å². The molecule has 0 aromatic rings. The molecule has 0 aromatic carbocycles. The van der Waals surface area contributed by atoms with Gasteiger partial charge >= 0.3 is 0 Å². The highest BCUT2D eigenvalue weighted by Gasteiger charge is 2.17. The van der Waals surface area contributed by atoms with Crippen molar-refractivity contribution in [2.75, 3.05) is 0 Å². The minimum atomic E-state index is 0.302. The van der Waals surface area contributed by atoms with Crippen LogP contribution in [0.4, 0.5) is 0 Å². The van der Waals surface area contributed by atoms with Crippen LogP contribution in [0.25, 0.3) is 0 Å². The molecular weight excluding hydrogens is 144 g/mol. The van der Waals surface area contributed by atoms with E-state index in [1.807, 2.05) is 6.08 Å². The second-order valence-corrected chi connectivity index (χ2v) is 3.89. The van der Waals surface area contributed by atoms with Gasteiger partial charge < -0.3 is 0 Å². The molecular formula is C12H22. The van der Waals surface area contributed by atoms with Crippen molar-refractivity contribution in [3.63, 3.8) is 0 Å². The van der Waals surface area contributed by atoms with Crippen LogP contribution < -0.4 is 0 Å². The van der Waals surface area contributed by atoms with E-state index in [4.69, 9.17) is 0 Å². The third-order valence-corrected chi connectivity index (χ3v) is 2.54. The molecule has 0 aliphatic carbocycles. The summed E-state index contributed by atoms with van der Waals surface area (Å²) in [6.45, 7) is 12.8. The molecule has 0 fully saturated rings. The maximum atomic E-state index is 3.86. The molecule has 0 saturated carbocycles. The molecule has 0 N–H and O–H groups in total. The van der Waals surface area contributed by atoms with E-state index >= 15 is 0 Å². The molecule has 0 atom stereocenters. The lowest BCUT2D eigenvalue weighted by molar-refractivity contribution is 0.438. The van der Waals surface area contributed by atoms with Crippen LogP contribution in [0.15, 0.2) is 24.3 Å². The summed E-state index contributed by atoms with van der Waals surface area (Å²) >= 11 is 0. The fourth-order valence-corrected chi connectivity index (χ4v) is 1.14. The summed E-state index contributed by atoms with van der Waals surface area (Å²) in [6.07, 6.45) is 7.88. The first-order chi connectivity index (χ1) is 5.58. The molecule has 0 heterocycles. The van der Waals surface area contributed by atoms with Gasteiger partial charge in [-0.3, -0.25) is 0 Å². The van der Waals surface area contributed by atoms with Crippen LogP contribution in [-0.4, -0.2) is 0 Å². The number of allylic oxidation sites excluding steroid dienone is 3. The standard InChI is InChI=1S/C12H22/c1-6-9-10-11(7-2)12(4,5)8-3/h7,10H,2,6,8-9H2,1,3-5H3/b11-10+. The van der Waals surface area contributed by atoms with Gasteiger partial charge in [-0.25, -0.2) is 0 Å². The van der Waals surface area contributed by atoms with E-state index in [2.05, 4.69) is 40.3 Å². The molecule has 0 amide bonds. The van der Waals surface area contributed by atoms with Gasteiger partial charge in [0.05, 0.1) is 0 Å². The van der Waals surface area contributed by atoms with Gasteiger partial charge in [0.1, 0.15) is 0 Å². The summed E-state index contributed by atoms with van der Waals surface area (Å²) in [4.78, 5) is 0. The zero-order valence-corrected chi connectivity index (χ0v) is 8.98. The van der Waals surface area contributed by atoms with E-state index in [-0.39, 0.29) is 0 Å². The maximum absolute atomic E-state index is 3.86. The molecule has 0 heteroatoms. The van der Waals surface area contributed by atoms with Gasteiger partial charge in [-0.1, -0.05) is 52.8 Å². The average molecular weight is 166 g/mol. The topological polar surface area (TPSA) is 0 Å². The summed E-state index contributed by atoms with van der Waals surface area (Å²) in [5.41, 5.74) is 1.70. The van der Waals surface area contributed by atoms with E-state index in [1.54, 1.807) is 0 Å². The van der Waals surface area contributed by atoms with Crippen LogP contribution in [-0.2, 0) is 0 Å². The van der Waals surface area contributed by atoms with Crippen molar-refractivity contribution in [1.29, 1.82) is 0 Å². The van der Waals surface area contributed by atoms with E-state index in [0.29, 0.717) is 5.41 Å². The van der Waals surface area contributed by atoms with Gasteiger partial charge in [-0.2, -0.15) is 0 Å².